The Balaban J connectivity index is 0.00000420. The highest BCUT2D eigenvalue weighted by Crippen LogP contribution is 2.25. The second-order valence-corrected chi connectivity index (χ2v) is 7.41. The molecule has 1 unspecified atom stereocenters. The number of ether oxygens (including phenoxy) is 1. The number of halogens is 2. The van der Waals surface area contributed by atoms with E-state index in [4.69, 9.17) is 21.6 Å². The summed E-state index contributed by atoms with van der Waals surface area (Å²) in [6.07, 6.45) is -0.797. The van der Waals surface area contributed by atoms with Gasteiger partial charge in [-0.05, 0) is 38.1 Å². The minimum absolute atomic E-state index is 0. The lowest BCUT2D eigenvalue weighted by Crippen LogP contribution is -2.51. The minimum Gasteiger partial charge on any atom is -0.489 e. The fourth-order valence-electron chi connectivity index (χ4n) is 2.43. The molecule has 0 fully saturated rings. The van der Waals surface area contributed by atoms with E-state index in [1.807, 2.05) is 38.1 Å². The van der Waals surface area contributed by atoms with E-state index in [9.17, 15) is 9.90 Å². The van der Waals surface area contributed by atoms with Gasteiger partial charge in [-0.3, -0.25) is 4.79 Å². The molecule has 0 heterocycles. The molecule has 6 nitrogen and oxygen atoms in total. The van der Waals surface area contributed by atoms with E-state index in [1.54, 1.807) is 30.3 Å². The van der Waals surface area contributed by atoms with Crippen molar-refractivity contribution in [3.05, 3.63) is 64.7 Å². The first-order valence-electron chi connectivity index (χ1n) is 8.90. The standard InChI is InChI=1S/C21H24ClN3O3.ClH/c1-21(2,14-24-20(27)15-7-4-3-5-8-15)25-12-16(26)13-28-19-10-6-9-18(22)17(19)11-23;/h3-10,16,25-26H,12-14H2,1-2H3,(H,24,27);1H. The highest BCUT2D eigenvalue weighted by Gasteiger charge is 2.20. The van der Waals surface area contributed by atoms with E-state index in [0.29, 0.717) is 22.9 Å². The zero-order chi connectivity index (χ0) is 20.6. The van der Waals surface area contributed by atoms with Crippen molar-refractivity contribution >= 4 is 29.9 Å². The number of aliphatic hydroxyl groups excluding tert-OH is 1. The van der Waals surface area contributed by atoms with Crippen molar-refractivity contribution in [2.75, 3.05) is 19.7 Å². The van der Waals surface area contributed by atoms with Gasteiger partial charge in [-0.25, -0.2) is 0 Å². The van der Waals surface area contributed by atoms with Crippen LogP contribution in [0.25, 0.3) is 0 Å². The van der Waals surface area contributed by atoms with Crippen molar-refractivity contribution in [1.82, 2.24) is 10.6 Å². The molecule has 3 N–H and O–H groups in total. The molecule has 0 bridgehead atoms. The Labute approximate surface area is 182 Å². The number of carbonyl (C=O) groups excluding carboxylic acids is 1. The van der Waals surface area contributed by atoms with Crippen molar-refractivity contribution in [3.63, 3.8) is 0 Å². The summed E-state index contributed by atoms with van der Waals surface area (Å²) in [5.74, 6) is 0.188. The van der Waals surface area contributed by atoms with Crippen molar-refractivity contribution in [2.45, 2.75) is 25.5 Å². The van der Waals surface area contributed by atoms with Gasteiger partial charge in [0.1, 0.15) is 30.1 Å². The van der Waals surface area contributed by atoms with Crippen LogP contribution in [0, 0.1) is 11.3 Å². The van der Waals surface area contributed by atoms with Crippen LogP contribution in [0.1, 0.15) is 29.8 Å². The maximum atomic E-state index is 12.1. The van der Waals surface area contributed by atoms with E-state index in [1.165, 1.54) is 0 Å². The summed E-state index contributed by atoms with van der Waals surface area (Å²) in [6, 6.07) is 15.9. The van der Waals surface area contributed by atoms with Gasteiger partial charge >= 0.3 is 0 Å². The van der Waals surface area contributed by atoms with Gasteiger partial charge in [0.25, 0.3) is 5.91 Å². The summed E-state index contributed by atoms with van der Waals surface area (Å²) in [6.45, 7) is 4.51. The predicted molar refractivity (Wildman–Crippen MR) is 116 cm³/mol. The zero-order valence-corrected chi connectivity index (χ0v) is 17.9. The third kappa shape index (κ3) is 7.92. The van der Waals surface area contributed by atoms with Crippen LogP contribution in [0.4, 0.5) is 0 Å². The number of benzene rings is 2. The summed E-state index contributed by atoms with van der Waals surface area (Å²) in [5.41, 5.74) is 0.411. The number of rotatable bonds is 9. The molecular weight excluding hydrogens is 413 g/mol. The molecule has 0 aliphatic rings. The third-order valence-electron chi connectivity index (χ3n) is 4.06. The molecule has 29 heavy (non-hydrogen) atoms. The number of amides is 1. The number of carbonyl (C=O) groups is 1. The molecule has 8 heteroatoms. The molecule has 156 valence electrons. The number of nitrogens with zero attached hydrogens (tertiary/aromatic N) is 1. The maximum Gasteiger partial charge on any atom is 0.251 e. The lowest BCUT2D eigenvalue weighted by atomic mass is 10.0. The van der Waals surface area contributed by atoms with E-state index < -0.39 is 11.6 Å². The van der Waals surface area contributed by atoms with Crippen LogP contribution in [-0.2, 0) is 0 Å². The number of hydrogen-bond donors (Lipinski definition) is 3. The summed E-state index contributed by atoms with van der Waals surface area (Å²) < 4.78 is 5.53. The van der Waals surface area contributed by atoms with Gasteiger partial charge < -0.3 is 20.5 Å². The monoisotopic (exact) mass is 437 g/mol. The van der Waals surface area contributed by atoms with Gasteiger partial charge in [-0.1, -0.05) is 35.9 Å². The number of hydrogen-bond acceptors (Lipinski definition) is 5. The number of β-amino-alcohol motifs (C(OH)–C–C–N with tert-alkyl or cyclic N) is 1. The van der Waals surface area contributed by atoms with Crippen LogP contribution in [0.3, 0.4) is 0 Å². The number of nitrogens with one attached hydrogen (secondary N) is 2. The quantitative estimate of drug-likeness (QED) is 0.559. The molecular formula is C21H25Cl2N3O3. The predicted octanol–water partition coefficient (Wildman–Crippen LogP) is 3.17. The van der Waals surface area contributed by atoms with Gasteiger partial charge in [0, 0.05) is 24.2 Å². The molecule has 2 aromatic rings. The number of nitriles is 1. The molecule has 2 rings (SSSR count). The minimum atomic E-state index is -0.797. The normalized spacial score (nSPS) is 11.7. The molecule has 0 radical (unpaired) electrons. The molecule has 0 aromatic heterocycles. The van der Waals surface area contributed by atoms with Crippen molar-refractivity contribution < 1.29 is 14.6 Å². The van der Waals surface area contributed by atoms with Crippen molar-refractivity contribution in [2.24, 2.45) is 0 Å². The van der Waals surface area contributed by atoms with Crippen LogP contribution in [0.15, 0.2) is 48.5 Å². The Kier molecular flexibility index (Phi) is 9.93. The summed E-state index contributed by atoms with van der Waals surface area (Å²) >= 11 is 5.96. The zero-order valence-electron chi connectivity index (χ0n) is 16.3. The Morgan fingerprint density at radius 2 is 1.93 bits per heavy atom. The van der Waals surface area contributed by atoms with Crippen LogP contribution in [0.2, 0.25) is 5.02 Å². The fraction of sp³-hybridized carbons (Fsp3) is 0.333. The van der Waals surface area contributed by atoms with Crippen LogP contribution < -0.4 is 15.4 Å². The van der Waals surface area contributed by atoms with Crippen LogP contribution in [0.5, 0.6) is 5.75 Å². The Bertz CT molecular complexity index is 839. The van der Waals surface area contributed by atoms with E-state index in [-0.39, 0.29) is 37.0 Å². The number of aliphatic hydroxyl groups is 1. The second kappa shape index (κ2) is 11.6. The summed E-state index contributed by atoms with van der Waals surface area (Å²) in [7, 11) is 0. The first-order chi connectivity index (χ1) is 13.3. The Morgan fingerprint density at radius 1 is 1.24 bits per heavy atom. The maximum absolute atomic E-state index is 12.1. The highest BCUT2D eigenvalue weighted by molar-refractivity contribution is 6.31. The smallest absolute Gasteiger partial charge is 0.251 e. The first-order valence-corrected chi connectivity index (χ1v) is 9.28. The van der Waals surface area contributed by atoms with Gasteiger partial charge in [0.05, 0.1) is 5.02 Å². The van der Waals surface area contributed by atoms with E-state index >= 15 is 0 Å². The Hall–Kier alpha value is -2.30. The average molecular weight is 438 g/mol. The summed E-state index contributed by atoms with van der Waals surface area (Å²) in [4.78, 5) is 12.1. The lowest BCUT2D eigenvalue weighted by molar-refractivity contribution is 0.0913. The topological polar surface area (TPSA) is 94.4 Å². The second-order valence-electron chi connectivity index (χ2n) is 7.00. The molecule has 1 atom stereocenters. The molecule has 0 spiro atoms. The van der Waals surface area contributed by atoms with E-state index in [2.05, 4.69) is 10.6 Å². The molecule has 0 aliphatic heterocycles. The van der Waals surface area contributed by atoms with Gasteiger partial charge in [-0.15, -0.1) is 12.4 Å². The van der Waals surface area contributed by atoms with Crippen LogP contribution in [-0.4, -0.2) is 42.4 Å². The molecule has 0 saturated heterocycles. The van der Waals surface area contributed by atoms with Gasteiger partial charge in [0.2, 0.25) is 0 Å². The lowest BCUT2D eigenvalue weighted by Gasteiger charge is -2.28. The Morgan fingerprint density at radius 3 is 2.59 bits per heavy atom. The van der Waals surface area contributed by atoms with Crippen LogP contribution >= 0.6 is 24.0 Å². The fourth-order valence-corrected chi connectivity index (χ4v) is 2.64. The van der Waals surface area contributed by atoms with Crippen molar-refractivity contribution in [3.8, 4) is 11.8 Å². The largest absolute Gasteiger partial charge is 0.489 e. The van der Waals surface area contributed by atoms with Gasteiger partial charge in [0.15, 0.2) is 0 Å². The SMILES string of the molecule is CC(C)(CNC(=O)c1ccccc1)NCC(O)COc1cccc(Cl)c1C#N.Cl. The third-order valence-corrected chi connectivity index (χ3v) is 4.38. The molecule has 1 amide bonds. The highest BCUT2D eigenvalue weighted by atomic mass is 35.5. The van der Waals surface area contributed by atoms with Gasteiger partial charge in [-0.2, -0.15) is 5.26 Å². The molecule has 0 saturated carbocycles. The molecule has 2 aromatic carbocycles. The first kappa shape index (κ1) is 24.7. The summed E-state index contributed by atoms with van der Waals surface area (Å²) in [5, 5.41) is 25.7. The van der Waals surface area contributed by atoms with E-state index in [0.717, 1.165) is 0 Å². The molecule has 0 aliphatic carbocycles. The van der Waals surface area contributed by atoms with Crippen molar-refractivity contribution in [1.29, 1.82) is 5.26 Å². The average Bonchev–Trinajstić information content (AvgIpc) is 2.69.